The second-order valence-corrected chi connectivity index (χ2v) is 6.68. The lowest BCUT2D eigenvalue weighted by Crippen LogP contribution is -2.37. The molecule has 1 rings (SSSR count). The number of nitrogens with one attached hydrogen (secondary N) is 1. The van der Waals surface area contributed by atoms with Crippen LogP contribution < -0.4 is 10.5 Å². The largest absolute Gasteiger partial charge is 0.393 e. The van der Waals surface area contributed by atoms with Crippen molar-refractivity contribution in [1.82, 2.24) is 4.72 Å². The van der Waals surface area contributed by atoms with Crippen molar-refractivity contribution in [3.05, 3.63) is 28.3 Å². The molecule has 0 saturated carbocycles. The number of benzene rings is 1. The van der Waals surface area contributed by atoms with Gasteiger partial charge in [-0.15, -0.1) is 0 Å². The van der Waals surface area contributed by atoms with E-state index in [1.54, 1.807) is 0 Å². The van der Waals surface area contributed by atoms with Crippen LogP contribution in [0.5, 0.6) is 0 Å². The zero-order chi connectivity index (χ0) is 16.2. The average Bonchev–Trinajstić information content (AvgIpc) is 2.38. The summed E-state index contributed by atoms with van der Waals surface area (Å²) < 4.78 is 27.1. The van der Waals surface area contributed by atoms with E-state index >= 15 is 0 Å². The quantitative estimate of drug-likeness (QED) is 0.455. The van der Waals surface area contributed by atoms with Crippen LogP contribution in [0.25, 0.3) is 0 Å². The van der Waals surface area contributed by atoms with Crippen LogP contribution >= 0.6 is 0 Å². The summed E-state index contributed by atoms with van der Waals surface area (Å²) in [5, 5.41) is 10.7. The number of hydrogen-bond donors (Lipinski definition) is 2. The van der Waals surface area contributed by atoms with Crippen LogP contribution in [0.2, 0.25) is 0 Å². The van der Waals surface area contributed by atoms with Gasteiger partial charge in [0.25, 0.3) is 5.69 Å². The van der Waals surface area contributed by atoms with Gasteiger partial charge in [-0.1, -0.05) is 26.7 Å². The predicted molar refractivity (Wildman–Crippen MR) is 81.4 cm³/mol. The molecular weight excluding hydrogens is 294 g/mol. The smallest absolute Gasteiger partial charge is 0.292 e. The summed E-state index contributed by atoms with van der Waals surface area (Å²) in [4.78, 5) is 9.97. The number of nitro groups is 1. The fraction of sp³-hybridized carbons (Fsp3) is 0.538. The summed E-state index contributed by atoms with van der Waals surface area (Å²) in [5.41, 5.74) is 5.06. The van der Waals surface area contributed by atoms with Crippen molar-refractivity contribution in [2.24, 2.45) is 5.92 Å². The number of rotatable bonds is 7. The molecule has 0 spiro atoms. The van der Waals surface area contributed by atoms with E-state index in [4.69, 9.17) is 5.73 Å². The molecule has 3 N–H and O–H groups in total. The highest BCUT2D eigenvalue weighted by Crippen LogP contribution is 2.25. The first-order chi connectivity index (χ1) is 9.72. The third-order valence-corrected chi connectivity index (χ3v) is 5.16. The highest BCUT2D eigenvalue weighted by Gasteiger charge is 2.23. The predicted octanol–water partition coefficient (Wildman–Crippen LogP) is 2.28. The van der Waals surface area contributed by atoms with Crippen molar-refractivity contribution in [2.75, 3.05) is 5.73 Å². The number of nitrogens with two attached hydrogens (primary N) is 1. The second-order valence-electron chi connectivity index (χ2n) is 4.96. The van der Waals surface area contributed by atoms with E-state index in [0.717, 1.165) is 25.0 Å². The number of nitro benzene ring substituents is 1. The van der Waals surface area contributed by atoms with Crippen molar-refractivity contribution in [3.63, 3.8) is 0 Å². The molecule has 1 aromatic rings. The van der Waals surface area contributed by atoms with Gasteiger partial charge in [0, 0.05) is 12.1 Å². The number of nitrogen functional groups attached to an aromatic ring is 1. The standard InChI is InChI=1S/C13H21N3O4S/c1-4-10(5-2)9(3)15-21(19,20)11-6-7-13(16(17)18)12(14)8-11/h6-10,15H,4-5,14H2,1-3H3. The number of anilines is 1. The van der Waals surface area contributed by atoms with Crippen LogP contribution in [0.1, 0.15) is 33.6 Å². The van der Waals surface area contributed by atoms with E-state index in [-0.39, 0.29) is 28.2 Å². The highest BCUT2D eigenvalue weighted by molar-refractivity contribution is 7.89. The Balaban J connectivity index is 3.03. The lowest BCUT2D eigenvalue weighted by Gasteiger charge is -2.22. The summed E-state index contributed by atoms with van der Waals surface area (Å²) in [6.07, 6.45) is 1.73. The Bertz CT molecular complexity index is 612. The third kappa shape index (κ3) is 4.15. The van der Waals surface area contributed by atoms with Crippen LogP contribution in [0.3, 0.4) is 0 Å². The minimum Gasteiger partial charge on any atom is -0.393 e. The molecule has 1 unspecified atom stereocenters. The second kappa shape index (κ2) is 6.86. The van der Waals surface area contributed by atoms with E-state index in [9.17, 15) is 18.5 Å². The molecule has 0 fully saturated rings. The van der Waals surface area contributed by atoms with Gasteiger partial charge in [-0.25, -0.2) is 13.1 Å². The molecule has 1 atom stereocenters. The van der Waals surface area contributed by atoms with Crippen molar-refractivity contribution >= 4 is 21.4 Å². The van der Waals surface area contributed by atoms with Crippen LogP contribution in [0.4, 0.5) is 11.4 Å². The van der Waals surface area contributed by atoms with E-state index in [2.05, 4.69) is 4.72 Å². The number of nitrogens with zero attached hydrogens (tertiary/aromatic N) is 1. The van der Waals surface area contributed by atoms with Gasteiger partial charge in [0.2, 0.25) is 10.0 Å². The summed E-state index contributed by atoms with van der Waals surface area (Å²) in [6.45, 7) is 5.82. The van der Waals surface area contributed by atoms with Crippen molar-refractivity contribution < 1.29 is 13.3 Å². The van der Waals surface area contributed by atoms with Crippen molar-refractivity contribution in [1.29, 1.82) is 0 Å². The molecule has 21 heavy (non-hydrogen) atoms. The first kappa shape index (κ1) is 17.4. The first-order valence-corrected chi connectivity index (χ1v) is 8.27. The summed E-state index contributed by atoms with van der Waals surface area (Å²) >= 11 is 0. The molecular formula is C13H21N3O4S. The Kier molecular flexibility index (Phi) is 5.68. The maximum absolute atomic E-state index is 12.3. The lowest BCUT2D eigenvalue weighted by molar-refractivity contribution is -0.383. The van der Waals surface area contributed by atoms with Gasteiger partial charge in [0.05, 0.1) is 9.82 Å². The van der Waals surface area contributed by atoms with Crippen molar-refractivity contribution in [2.45, 2.75) is 44.6 Å². The van der Waals surface area contributed by atoms with Crippen LogP contribution in [0, 0.1) is 16.0 Å². The molecule has 7 nitrogen and oxygen atoms in total. The molecule has 0 aromatic heterocycles. The van der Waals surface area contributed by atoms with E-state index in [1.165, 1.54) is 6.07 Å². The van der Waals surface area contributed by atoms with Crippen LogP contribution in [-0.4, -0.2) is 19.4 Å². The van der Waals surface area contributed by atoms with Gasteiger partial charge in [-0.2, -0.15) is 0 Å². The number of sulfonamides is 1. The Labute approximate surface area is 124 Å². The summed E-state index contributed by atoms with van der Waals surface area (Å²) in [7, 11) is -3.74. The molecule has 1 aromatic carbocycles. The molecule has 8 heteroatoms. The fourth-order valence-electron chi connectivity index (χ4n) is 2.27. The first-order valence-electron chi connectivity index (χ1n) is 6.79. The topological polar surface area (TPSA) is 115 Å². The minimum absolute atomic E-state index is 0.0663. The van der Waals surface area contributed by atoms with Gasteiger partial charge < -0.3 is 5.73 Å². The Morgan fingerprint density at radius 3 is 2.33 bits per heavy atom. The Morgan fingerprint density at radius 1 is 1.33 bits per heavy atom. The molecule has 118 valence electrons. The van der Waals surface area contributed by atoms with Gasteiger partial charge in [-0.3, -0.25) is 10.1 Å². The summed E-state index contributed by atoms with van der Waals surface area (Å²) in [5.74, 6) is 0.232. The van der Waals surface area contributed by atoms with Crippen molar-refractivity contribution in [3.8, 4) is 0 Å². The average molecular weight is 315 g/mol. The zero-order valence-electron chi connectivity index (χ0n) is 12.4. The SMILES string of the molecule is CCC(CC)C(C)NS(=O)(=O)c1ccc([N+](=O)[O-])c(N)c1. The van der Waals surface area contributed by atoms with Gasteiger partial charge in [0.15, 0.2) is 0 Å². The Hall–Kier alpha value is -1.67. The maximum Gasteiger partial charge on any atom is 0.292 e. The fourth-order valence-corrected chi connectivity index (χ4v) is 3.62. The minimum atomic E-state index is -3.74. The monoisotopic (exact) mass is 315 g/mol. The van der Waals surface area contributed by atoms with Crippen LogP contribution in [-0.2, 0) is 10.0 Å². The van der Waals surface area contributed by atoms with Gasteiger partial charge in [0.1, 0.15) is 5.69 Å². The molecule has 0 amide bonds. The molecule has 0 bridgehead atoms. The van der Waals surface area contributed by atoms with Gasteiger partial charge in [-0.05, 0) is 25.0 Å². The zero-order valence-corrected chi connectivity index (χ0v) is 13.2. The normalized spacial score (nSPS) is 13.3. The highest BCUT2D eigenvalue weighted by atomic mass is 32.2. The molecule has 0 aliphatic carbocycles. The third-order valence-electron chi connectivity index (χ3n) is 3.60. The lowest BCUT2D eigenvalue weighted by atomic mass is 9.96. The van der Waals surface area contributed by atoms with E-state index < -0.39 is 14.9 Å². The molecule has 0 aliphatic heterocycles. The molecule has 0 heterocycles. The maximum atomic E-state index is 12.3. The molecule has 0 saturated heterocycles. The summed E-state index contributed by atoms with van der Waals surface area (Å²) in [6, 6.07) is 3.18. The van der Waals surface area contributed by atoms with E-state index in [1.807, 2.05) is 20.8 Å². The Morgan fingerprint density at radius 2 is 1.90 bits per heavy atom. The van der Waals surface area contributed by atoms with E-state index in [0.29, 0.717) is 0 Å². The molecule has 0 radical (unpaired) electrons. The van der Waals surface area contributed by atoms with Gasteiger partial charge >= 0.3 is 0 Å². The molecule has 0 aliphatic rings. The number of hydrogen-bond acceptors (Lipinski definition) is 5. The van der Waals surface area contributed by atoms with Crippen LogP contribution in [0.15, 0.2) is 23.1 Å².